The van der Waals surface area contributed by atoms with Crippen LogP contribution in [0.3, 0.4) is 0 Å². The van der Waals surface area contributed by atoms with Crippen molar-refractivity contribution in [3.8, 4) is 6.07 Å². The van der Waals surface area contributed by atoms with Crippen LogP contribution < -0.4 is 0 Å². The van der Waals surface area contributed by atoms with Crippen molar-refractivity contribution in [2.45, 2.75) is 17.8 Å². The van der Waals surface area contributed by atoms with E-state index in [0.717, 1.165) is 6.42 Å². The van der Waals surface area contributed by atoms with Crippen molar-refractivity contribution in [2.24, 2.45) is 23.7 Å². The molecule has 6 atom stereocenters. The van der Waals surface area contributed by atoms with Crippen LogP contribution in [0.4, 0.5) is 0 Å². The SMILES string of the molecule is N#CC1C2CC3C(OC(=O)C13)C2S. The molecule has 3 aliphatic rings. The van der Waals surface area contributed by atoms with Gasteiger partial charge >= 0.3 is 5.97 Å². The molecule has 0 amide bonds. The summed E-state index contributed by atoms with van der Waals surface area (Å²) in [5.74, 6) is 0.118. The third kappa shape index (κ3) is 0.704. The number of thiol groups is 1. The number of carbonyl (C=O) groups is 1. The summed E-state index contributed by atoms with van der Waals surface area (Å²) < 4.78 is 5.22. The molecule has 0 spiro atoms. The molecule has 0 aromatic heterocycles. The van der Waals surface area contributed by atoms with Gasteiger partial charge < -0.3 is 4.74 Å². The predicted octanol–water partition coefficient (Wildman–Crippen LogP) is 0.616. The van der Waals surface area contributed by atoms with Crippen molar-refractivity contribution in [1.82, 2.24) is 0 Å². The maximum Gasteiger partial charge on any atom is 0.311 e. The van der Waals surface area contributed by atoms with Crippen LogP contribution >= 0.6 is 12.6 Å². The maximum absolute atomic E-state index is 11.4. The molecular weight excluding hydrogens is 186 g/mol. The Morgan fingerprint density at radius 3 is 3.00 bits per heavy atom. The second kappa shape index (κ2) is 2.21. The molecular formula is C9H9NO2S. The second-order valence-electron chi connectivity index (χ2n) is 4.14. The van der Waals surface area contributed by atoms with Gasteiger partial charge in [-0.2, -0.15) is 17.9 Å². The summed E-state index contributed by atoms with van der Waals surface area (Å²) in [4.78, 5) is 11.4. The molecule has 0 radical (unpaired) electrons. The van der Waals surface area contributed by atoms with Crippen molar-refractivity contribution >= 4 is 18.6 Å². The van der Waals surface area contributed by atoms with Gasteiger partial charge in [0.15, 0.2) is 0 Å². The Balaban J connectivity index is 2.07. The third-order valence-corrected chi connectivity index (χ3v) is 4.40. The van der Waals surface area contributed by atoms with Gasteiger partial charge in [0.2, 0.25) is 0 Å². The van der Waals surface area contributed by atoms with Gasteiger partial charge in [-0.15, -0.1) is 0 Å². The van der Waals surface area contributed by atoms with Crippen LogP contribution in [-0.2, 0) is 9.53 Å². The average molecular weight is 195 g/mol. The van der Waals surface area contributed by atoms with E-state index >= 15 is 0 Å². The van der Waals surface area contributed by atoms with Gasteiger partial charge in [-0.3, -0.25) is 4.79 Å². The van der Waals surface area contributed by atoms with Gasteiger partial charge in [-0.25, -0.2) is 0 Å². The van der Waals surface area contributed by atoms with E-state index in [9.17, 15) is 4.79 Å². The summed E-state index contributed by atoms with van der Waals surface area (Å²) >= 11 is 4.43. The molecule has 13 heavy (non-hydrogen) atoms. The summed E-state index contributed by atoms with van der Waals surface area (Å²) in [6.45, 7) is 0. The van der Waals surface area contributed by atoms with Crippen LogP contribution in [0.15, 0.2) is 0 Å². The Kier molecular flexibility index (Phi) is 1.31. The van der Waals surface area contributed by atoms with E-state index in [1.165, 1.54) is 0 Å². The lowest BCUT2D eigenvalue weighted by molar-refractivity contribution is -0.143. The monoisotopic (exact) mass is 195 g/mol. The molecule has 0 aromatic rings. The number of ether oxygens (including phenoxy) is 1. The standard InChI is InChI=1S/C9H9NO2S/c10-2-5-3-1-4-6(5)9(11)12-7(4)8(3)13/h3-8,13H,1H2. The van der Waals surface area contributed by atoms with Crippen molar-refractivity contribution in [3.05, 3.63) is 0 Å². The summed E-state index contributed by atoms with van der Waals surface area (Å²) in [7, 11) is 0. The van der Waals surface area contributed by atoms with Crippen molar-refractivity contribution in [2.75, 3.05) is 0 Å². The Bertz CT molecular complexity index is 324. The lowest BCUT2D eigenvalue weighted by atomic mass is 9.81. The van der Waals surface area contributed by atoms with E-state index in [2.05, 4.69) is 18.7 Å². The minimum Gasteiger partial charge on any atom is -0.461 e. The van der Waals surface area contributed by atoms with Gasteiger partial charge in [0, 0.05) is 11.2 Å². The Labute approximate surface area is 81.5 Å². The number of hydrogen-bond acceptors (Lipinski definition) is 4. The number of nitrogens with zero attached hydrogens (tertiary/aromatic N) is 1. The molecule has 1 saturated heterocycles. The van der Waals surface area contributed by atoms with Gasteiger partial charge in [0.05, 0.1) is 17.9 Å². The van der Waals surface area contributed by atoms with E-state index in [0.29, 0.717) is 0 Å². The van der Waals surface area contributed by atoms with E-state index in [4.69, 9.17) is 10.00 Å². The second-order valence-corrected chi connectivity index (χ2v) is 4.73. The molecule has 6 unspecified atom stereocenters. The molecule has 3 nitrogen and oxygen atoms in total. The van der Waals surface area contributed by atoms with E-state index in [1.807, 2.05) is 0 Å². The molecule has 1 aliphatic heterocycles. The van der Waals surface area contributed by atoms with Crippen molar-refractivity contribution in [1.29, 1.82) is 5.26 Å². The fourth-order valence-corrected chi connectivity index (χ4v) is 3.78. The zero-order valence-corrected chi connectivity index (χ0v) is 7.78. The number of esters is 1. The molecule has 0 N–H and O–H groups in total. The van der Waals surface area contributed by atoms with Crippen molar-refractivity contribution in [3.63, 3.8) is 0 Å². The van der Waals surface area contributed by atoms with Crippen molar-refractivity contribution < 1.29 is 9.53 Å². The number of hydrogen-bond donors (Lipinski definition) is 1. The topological polar surface area (TPSA) is 50.1 Å². The van der Waals surface area contributed by atoms with Gasteiger partial charge in [0.25, 0.3) is 0 Å². The molecule has 0 aromatic carbocycles. The first-order chi connectivity index (χ1) is 6.24. The number of nitriles is 1. The summed E-state index contributed by atoms with van der Waals surface area (Å²) in [5.41, 5.74) is 0. The normalized spacial score (nSPS) is 56.5. The molecule has 1 heterocycles. The molecule has 4 heteroatoms. The Hall–Kier alpha value is -0.690. The first kappa shape index (κ1) is 7.69. The van der Waals surface area contributed by atoms with E-state index in [-0.39, 0.29) is 41.0 Å². The van der Waals surface area contributed by atoms with Crippen LogP contribution in [0.25, 0.3) is 0 Å². The minimum atomic E-state index is -0.166. The Morgan fingerprint density at radius 1 is 1.54 bits per heavy atom. The molecule has 2 bridgehead atoms. The molecule has 68 valence electrons. The van der Waals surface area contributed by atoms with Gasteiger partial charge in [-0.1, -0.05) is 0 Å². The van der Waals surface area contributed by atoms with Crippen LogP contribution in [0.2, 0.25) is 0 Å². The lowest BCUT2D eigenvalue weighted by Crippen LogP contribution is -2.33. The van der Waals surface area contributed by atoms with Crippen LogP contribution in [-0.4, -0.2) is 17.3 Å². The summed E-state index contributed by atoms with van der Waals surface area (Å²) in [6.07, 6.45) is 0.948. The number of carbonyl (C=O) groups excluding carboxylic acids is 1. The number of rotatable bonds is 0. The van der Waals surface area contributed by atoms with E-state index < -0.39 is 0 Å². The fourth-order valence-electron chi connectivity index (χ4n) is 3.19. The zero-order valence-electron chi connectivity index (χ0n) is 6.88. The predicted molar refractivity (Wildman–Crippen MR) is 46.8 cm³/mol. The highest BCUT2D eigenvalue weighted by molar-refractivity contribution is 7.81. The minimum absolute atomic E-state index is 0.00423. The molecule has 3 fully saturated rings. The molecule has 3 rings (SSSR count). The summed E-state index contributed by atoms with van der Waals surface area (Å²) in [6, 6.07) is 2.23. The summed E-state index contributed by atoms with van der Waals surface area (Å²) in [5, 5.41) is 9.05. The van der Waals surface area contributed by atoms with Crippen LogP contribution in [0.1, 0.15) is 6.42 Å². The first-order valence-electron chi connectivity index (χ1n) is 4.52. The Morgan fingerprint density at radius 2 is 2.31 bits per heavy atom. The highest BCUT2D eigenvalue weighted by atomic mass is 32.1. The van der Waals surface area contributed by atoms with E-state index in [1.54, 1.807) is 0 Å². The molecule has 2 aliphatic carbocycles. The number of fused-ring (bicyclic) bond motifs is 1. The average Bonchev–Trinajstić information content (AvgIpc) is 2.68. The smallest absolute Gasteiger partial charge is 0.311 e. The van der Waals surface area contributed by atoms with Crippen LogP contribution in [0, 0.1) is 35.0 Å². The third-order valence-electron chi connectivity index (χ3n) is 3.72. The van der Waals surface area contributed by atoms with Gasteiger partial charge in [-0.05, 0) is 12.3 Å². The molecule has 2 saturated carbocycles. The quantitative estimate of drug-likeness (QED) is 0.455. The zero-order chi connectivity index (χ0) is 9.16. The highest BCUT2D eigenvalue weighted by Crippen LogP contribution is 2.58. The fraction of sp³-hybridized carbons (Fsp3) is 0.778. The largest absolute Gasteiger partial charge is 0.461 e. The maximum atomic E-state index is 11.4. The van der Waals surface area contributed by atoms with Crippen LogP contribution in [0.5, 0.6) is 0 Å². The highest BCUT2D eigenvalue weighted by Gasteiger charge is 2.65. The first-order valence-corrected chi connectivity index (χ1v) is 5.04. The lowest BCUT2D eigenvalue weighted by Gasteiger charge is -2.23. The van der Waals surface area contributed by atoms with Gasteiger partial charge in [0.1, 0.15) is 6.10 Å².